The summed E-state index contributed by atoms with van der Waals surface area (Å²) in [5.41, 5.74) is 1.35. The topological polar surface area (TPSA) is 64.4 Å². The summed E-state index contributed by atoms with van der Waals surface area (Å²) in [6, 6.07) is 6.19. The molecule has 0 spiro atoms. The predicted molar refractivity (Wildman–Crippen MR) is 131 cm³/mol. The zero-order valence-corrected chi connectivity index (χ0v) is 20.6. The molecule has 0 bridgehead atoms. The van der Waals surface area contributed by atoms with Crippen LogP contribution in [0.1, 0.15) is 56.2 Å². The molecule has 2 aliphatic rings. The largest absolute Gasteiger partial charge is 0.466 e. The first-order valence-electron chi connectivity index (χ1n) is 12.3. The summed E-state index contributed by atoms with van der Waals surface area (Å²) in [5.74, 6) is -0.00350. The van der Waals surface area contributed by atoms with E-state index in [-0.39, 0.29) is 35.2 Å². The number of aromatic nitrogens is 2. The molecule has 4 rings (SSSR count). The molecule has 0 N–H and O–H groups in total. The highest BCUT2D eigenvalue weighted by atomic mass is 32.1. The quantitative estimate of drug-likeness (QED) is 0.379. The number of carbonyl (C=O) groups excluding carboxylic acids is 2. The lowest BCUT2D eigenvalue weighted by Crippen LogP contribution is -2.46. The molecule has 0 radical (unpaired) electrons. The molecule has 8 heteroatoms. The van der Waals surface area contributed by atoms with Gasteiger partial charge in [0, 0.05) is 48.1 Å². The van der Waals surface area contributed by atoms with Crippen molar-refractivity contribution in [2.75, 3.05) is 19.7 Å². The Bertz CT molecular complexity index is 993. The second kappa shape index (κ2) is 11.5. The van der Waals surface area contributed by atoms with Crippen molar-refractivity contribution >= 4 is 24.4 Å². The van der Waals surface area contributed by atoms with Gasteiger partial charge < -0.3 is 4.74 Å². The number of aryl methyl sites for hydroxylation is 1. The van der Waals surface area contributed by atoms with Gasteiger partial charge in [-0.3, -0.25) is 19.2 Å². The molecule has 6 nitrogen and oxygen atoms in total. The predicted octanol–water partition coefficient (Wildman–Crippen LogP) is 4.25. The molecule has 34 heavy (non-hydrogen) atoms. The highest BCUT2D eigenvalue weighted by Crippen LogP contribution is 2.40. The third-order valence-corrected chi connectivity index (χ3v) is 7.52. The minimum absolute atomic E-state index is 0.0698. The number of hydrogen-bond acceptors (Lipinski definition) is 6. The molecule has 2 fully saturated rings. The average molecular weight is 488 g/mol. The van der Waals surface area contributed by atoms with E-state index in [0.717, 1.165) is 57.3 Å². The van der Waals surface area contributed by atoms with Gasteiger partial charge in [0.1, 0.15) is 5.82 Å². The number of piperidine rings is 1. The molecule has 1 aromatic heterocycles. The van der Waals surface area contributed by atoms with E-state index in [9.17, 15) is 14.0 Å². The highest BCUT2D eigenvalue weighted by molar-refractivity contribution is 7.81. The van der Waals surface area contributed by atoms with Crippen molar-refractivity contribution in [2.24, 2.45) is 11.8 Å². The Labute approximate surface area is 206 Å². The number of benzene rings is 1. The first-order chi connectivity index (χ1) is 16.5. The summed E-state index contributed by atoms with van der Waals surface area (Å²) in [7, 11) is 0. The molecule has 1 aliphatic heterocycles. The van der Waals surface area contributed by atoms with E-state index in [2.05, 4.69) is 10.00 Å². The van der Waals surface area contributed by atoms with Crippen LogP contribution >= 0.6 is 12.6 Å². The molecule has 184 valence electrons. The molecular formula is C26H34FN3O3S. The fraction of sp³-hybridized carbons (Fsp3) is 0.577. The van der Waals surface area contributed by atoms with Crippen LogP contribution in [0.5, 0.6) is 0 Å². The summed E-state index contributed by atoms with van der Waals surface area (Å²) in [6.45, 7) is 4.40. The Hall–Kier alpha value is -2.19. The number of nitrogens with zero attached hydrogens (tertiary/aromatic N) is 3. The van der Waals surface area contributed by atoms with Crippen molar-refractivity contribution in [1.82, 2.24) is 14.7 Å². The zero-order chi connectivity index (χ0) is 24.1. The van der Waals surface area contributed by atoms with Crippen LogP contribution in [-0.2, 0) is 27.3 Å². The minimum atomic E-state index is -0.506. The Kier molecular flexibility index (Phi) is 8.42. The van der Waals surface area contributed by atoms with Crippen LogP contribution in [0.15, 0.2) is 36.7 Å². The lowest BCUT2D eigenvalue weighted by molar-refractivity contribution is -0.142. The van der Waals surface area contributed by atoms with E-state index < -0.39 is 6.04 Å². The summed E-state index contributed by atoms with van der Waals surface area (Å²) in [5, 5.41) is 4.62. The van der Waals surface area contributed by atoms with E-state index in [0.29, 0.717) is 18.1 Å². The van der Waals surface area contributed by atoms with Gasteiger partial charge in [-0.15, -0.1) is 0 Å². The normalized spacial score (nSPS) is 21.9. The maximum Gasteiger partial charge on any atom is 0.310 e. The second-order valence-electron chi connectivity index (χ2n) is 9.45. The van der Waals surface area contributed by atoms with Gasteiger partial charge in [0.15, 0.2) is 5.78 Å². The van der Waals surface area contributed by atoms with E-state index >= 15 is 0 Å². The number of thiol groups is 1. The highest BCUT2D eigenvalue weighted by Gasteiger charge is 2.41. The molecule has 1 aromatic carbocycles. The summed E-state index contributed by atoms with van der Waals surface area (Å²) < 4.78 is 21.6. The maximum atomic E-state index is 14.7. The van der Waals surface area contributed by atoms with Crippen LogP contribution in [0.25, 0.3) is 0 Å². The van der Waals surface area contributed by atoms with E-state index in [4.69, 9.17) is 17.4 Å². The number of hydrogen-bond donors (Lipinski definition) is 1. The number of Topliss-reactive ketones (excluding diaryl/α,β-unsaturated/α-hetero) is 1. The molecule has 2 heterocycles. The standard InChI is InChI=1S/C26H34FN3O3S/c1-2-33-24(31)14-18-15-28-30(16-18)12-5-6-20-17-29(13-11-23(20)34)25(26(32)19-9-10-19)21-7-3-4-8-22(21)27/h3-4,7-8,15-16,19-20,23,25,34H,2,5-6,9-14,17H2,1H3. The molecule has 1 aliphatic carbocycles. The Morgan fingerprint density at radius 2 is 2.06 bits per heavy atom. The van der Waals surface area contributed by atoms with Gasteiger partial charge in [-0.1, -0.05) is 18.2 Å². The minimum Gasteiger partial charge on any atom is -0.466 e. The van der Waals surface area contributed by atoms with Gasteiger partial charge >= 0.3 is 5.97 Å². The fourth-order valence-electron chi connectivity index (χ4n) is 4.90. The Morgan fingerprint density at radius 3 is 2.79 bits per heavy atom. The second-order valence-corrected chi connectivity index (χ2v) is 10.1. The monoisotopic (exact) mass is 487 g/mol. The summed E-state index contributed by atoms with van der Waals surface area (Å²) >= 11 is 4.84. The zero-order valence-electron chi connectivity index (χ0n) is 19.7. The van der Waals surface area contributed by atoms with Gasteiger partial charge in [0.25, 0.3) is 0 Å². The van der Waals surface area contributed by atoms with Crippen LogP contribution in [0.4, 0.5) is 4.39 Å². The first kappa shape index (κ1) is 24.9. The molecule has 0 amide bonds. The van der Waals surface area contributed by atoms with Crippen molar-refractivity contribution in [1.29, 1.82) is 0 Å². The number of halogens is 1. The van der Waals surface area contributed by atoms with Crippen molar-refractivity contribution in [3.05, 3.63) is 53.6 Å². The number of ketones is 1. The molecule has 1 saturated carbocycles. The fourth-order valence-corrected chi connectivity index (χ4v) is 5.26. The molecule has 3 unspecified atom stereocenters. The van der Waals surface area contributed by atoms with E-state index in [1.807, 2.05) is 16.9 Å². The van der Waals surface area contributed by atoms with Crippen LogP contribution in [0.2, 0.25) is 0 Å². The molecular weight excluding hydrogens is 453 g/mol. The van der Waals surface area contributed by atoms with Crippen LogP contribution in [-0.4, -0.2) is 51.4 Å². The van der Waals surface area contributed by atoms with Gasteiger partial charge in [-0.05, 0) is 51.0 Å². The third-order valence-electron chi connectivity index (χ3n) is 6.84. The van der Waals surface area contributed by atoms with Gasteiger partial charge in [0.2, 0.25) is 0 Å². The summed E-state index contributed by atoms with van der Waals surface area (Å²) in [6.07, 6.45) is 8.40. The number of carbonyl (C=O) groups is 2. The van der Waals surface area contributed by atoms with Gasteiger partial charge in [0.05, 0.1) is 25.3 Å². The number of likely N-dealkylation sites (tertiary alicyclic amines) is 1. The lowest BCUT2D eigenvalue weighted by Gasteiger charge is -2.41. The van der Waals surface area contributed by atoms with Gasteiger partial charge in [-0.2, -0.15) is 17.7 Å². The molecule has 2 aromatic rings. The maximum absolute atomic E-state index is 14.7. The van der Waals surface area contributed by atoms with Gasteiger partial charge in [-0.25, -0.2) is 4.39 Å². The van der Waals surface area contributed by atoms with Crippen molar-refractivity contribution in [3.8, 4) is 0 Å². The molecule has 1 saturated heterocycles. The van der Waals surface area contributed by atoms with Crippen LogP contribution in [0.3, 0.4) is 0 Å². The first-order valence-corrected chi connectivity index (χ1v) is 12.8. The Balaban J connectivity index is 1.36. The summed E-state index contributed by atoms with van der Waals surface area (Å²) in [4.78, 5) is 27.0. The number of ether oxygens (including phenoxy) is 1. The van der Waals surface area contributed by atoms with Crippen LogP contribution in [0, 0.1) is 17.7 Å². The average Bonchev–Trinajstić information content (AvgIpc) is 3.58. The van der Waals surface area contributed by atoms with E-state index in [1.54, 1.807) is 25.3 Å². The molecule has 3 atom stereocenters. The Morgan fingerprint density at radius 1 is 1.26 bits per heavy atom. The van der Waals surface area contributed by atoms with Crippen LogP contribution < -0.4 is 0 Å². The number of esters is 1. The SMILES string of the molecule is CCOC(=O)Cc1cnn(CCCC2CN(C(C(=O)C3CC3)c3ccccc3F)CCC2S)c1. The third kappa shape index (κ3) is 6.27. The van der Waals surface area contributed by atoms with Crippen molar-refractivity contribution in [2.45, 2.75) is 63.3 Å². The van der Waals surface area contributed by atoms with Crippen molar-refractivity contribution in [3.63, 3.8) is 0 Å². The van der Waals surface area contributed by atoms with Crippen molar-refractivity contribution < 1.29 is 18.7 Å². The number of rotatable bonds is 11. The smallest absolute Gasteiger partial charge is 0.310 e. The lowest BCUT2D eigenvalue weighted by atomic mass is 9.89. The van der Waals surface area contributed by atoms with E-state index in [1.165, 1.54) is 6.07 Å².